The highest BCUT2D eigenvalue weighted by atomic mass is 32.2. The second-order valence-corrected chi connectivity index (χ2v) is 6.49. The molecule has 0 saturated heterocycles. The van der Waals surface area contributed by atoms with E-state index >= 15 is 0 Å². The normalized spacial score (nSPS) is 13.8. The van der Waals surface area contributed by atoms with E-state index < -0.39 is 9.84 Å². The van der Waals surface area contributed by atoms with Crippen molar-refractivity contribution in [2.45, 2.75) is 26.8 Å². The average Bonchev–Trinajstić information content (AvgIpc) is 2.29. The fourth-order valence-electron chi connectivity index (χ4n) is 1.72. The van der Waals surface area contributed by atoms with Gasteiger partial charge in [0.1, 0.15) is 9.84 Å². The maximum atomic E-state index is 11.1. The molecule has 0 spiro atoms. The number of hydrogen-bond donors (Lipinski definition) is 1. The first-order valence-electron chi connectivity index (χ1n) is 5.15. The van der Waals surface area contributed by atoms with Gasteiger partial charge in [-0.1, -0.05) is 0 Å². The quantitative estimate of drug-likeness (QED) is 0.855. The summed E-state index contributed by atoms with van der Waals surface area (Å²) in [5, 5.41) is 7.46. The largest absolute Gasteiger partial charge is 0.379 e. The molecule has 6 heteroatoms. The predicted molar refractivity (Wildman–Crippen MR) is 65.5 cm³/mol. The molecule has 1 N–H and O–H groups in total. The van der Waals surface area contributed by atoms with Crippen molar-refractivity contribution in [3.05, 3.63) is 11.4 Å². The van der Waals surface area contributed by atoms with Gasteiger partial charge < -0.3 is 5.32 Å². The maximum Gasteiger partial charge on any atom is 0.149 e. The van der Waals surface area contributed by atoms with Crippen LogP contribution in [0.15, 0.2) is 0 Å². The van der Waals surface area contributed by atoms with Crippen LogP contribution in [0.2, 0.25) is 0 Å². The molecule has 0 fully saturated rings. The van der Waals surface area contributed by atoms with E-state index in [1.807, 2.05) is 27.8 Å². The molecule has 16 heavy (non-hydrogen) atoms. The number of nitrogens with one attached hydrogen (secondary N) is 1. The Bertz CT molecular complexity index is 476. The van der Waals surface area contributed by atoms with E-state index in [1.165, 1.54) is 6.26 Å². The standard InChI is InChI=1S/C10H19N3O2S/c1-7(6-16(5,14)15)11-10-8(2)12-13(4)9(10)3/h7,11H,6H2,1-5H3. The molecule has 1 rings (SSSR count). The summed E-state index contributed by atoms with van der Waals surface area (Å²) in [6.07, 6.45) is 1.24. The predicted octanol–water partition coefficient (Wildman–Crippen LogP) is 0.882. The molecule has 92 valence electrons. The molecular weight excluding hydrogens is 226 g/mol. The minimum absolute atomic E-state index is 0.114. The van der Waals surface area contributed by atoms with Gasteiger partial charge >= 0.3 is 0 Å². The number of sulfone groups is 1. The van der Waals surface area contributed by atoms with Crippen molar-refractivity contribution in [2.24, 2.45) is 7.05 Å². The summed E-state index contributed by atoms with van der Waals surface area (Å²) in [5.41, 5.74) is 2.83. The molecular formula is C10H19N3O2S. The number of aryl methyl sites for hydroxylation is 2. The van der Waals surface area contributed by atoms with Crippen molar-refractivity contribution in [2.75, 3.05) is 17.3 Å². The van der Waals surface area contributed by atoms with E-state index in [4.69, 9.17) is 0 Å². The van der Waals surface area contributed by atoms with E-state index in [0.717, 1.165) is 17.1 Å². The van der Waals surface area contributed by atoms with Crippen LogP contribution in [0, 0.1) is 13.8 Å². The van der Waals surface area contributed by atoms with Crippen molar-refractivity contribution in [1.29, 1.82) is 0 Å². The second kappa shape index (κ2) is 4.45. The minimum Gasteiger partial charge on any atom is -0.379 e. The van der Waals surface area contributed by atoms with Crippen molar-refractivity contribution < 1.29 is 8.42 Å². The molecule has 1 aromatic rings. The highest BCUT2D eigenvalue weighted by Crippen LogP contribution is 2.19. The lowest BCUT2D eigenvalue weighted by atomic mass is 10.3. The lowest BCUT2D eigenvalue weighted by Gasteiger charge is -2.14. The Morgan fingerprint density at radius 2 is 2.00 bits per heavy atom. The van der Waals surface area contributed by atoms with Crippen molar-refractivity contribution in [3.63, 3.8) is 0 Å². The van der Waals surface area contributed by atoms with Gasteiger partial charge in [-0.2, -0.15) is 5.10 Å². The van der Waals surface area contributed by atoms with Gasteiger partial charge in [-0.3, -0.25) is 4.68 Å². The summed E-state index contributed by atoms with van der Waals surface area (Å²) >= 11 is 0. The van der Waals surface area contributed by atoms with Crippen LogP contribution in [0.3, 0.4) is 0 Å². The van der Waals surface area contributed by atoms with Gasteiger partial charge in [0.05, 0.1) is 22.8 Å². The second-order valence-electron chi connectivity index (χ2n) is 4.31. The lowest BCUT2D eigenvalue weighted by Crippen LogP contribution is -2.25. The zero-order valence-corrected chi connectivity index (χ0v) is 11.2. The molecule has 0 aliphatic heterocycles. The molecule has 1 unspecified atom stereocenters. The maximum absolute atomic E-state index is 11.1. The molecule has 0 amide bonds. The molecule has 1 aromatic heterocycles. The van der Waals surface area contributed by atoms with Crippen molar-refractivity contribution in [3.8, 4) is 0 Å². The van der Waals surface area contributed by atoms with E-state index in [9.17, 15) is 8.42 Å². The van der Waals surface area contributed by atoms with Crippen LogP contribution in [-0.2, 0) is 16.9 Å². The summed E-state index contributed by atoms with van der Waals surface area (Å²) in [6, 6.07) is -0.114. The Morgan fingerprint density at radius 3 is 2.38 bits per heavy atom. The molecule has 5 nitrogen and oxygen atoms in total. The van der Waals surface area contributed by atoms with Crippen LogP contribution in [0.1, 0.15) is 18.3 Å². The number of aromatic nitrogens is 2. The number of anilines is 1. The smallest absolute Gasteiger partial charge is 0.149 e. The van der Waals surface area contributed by atoms with Crippen LogP contribution in [-0.4, -0.2) is 36.2 Å². The average molecular weight is 245 g/mol. The molecule has 0 bridgehead atoms. The Labute approximate surface area is 96.8 Å². The Kier molecular flexibility index (Phi) is 3.62. The summed E-state index contributed by atoms with van der Waals surface area (Å²) in [4.78, 5) is 0. The zero-order valence-electron chi connectivity index (χ0n) is 10.4. The van der Waals surface area contributed by atoms with Crippen LogP contribution in [0.25, 0.3) is 0 Å². The summed E-state index contributed by atoms with van der Waals surface area (Å²) in [5.74, 6) is 0.126. The molecule has 0 aliphatic rings. The van der Waals surface area contributed by atoms with E-state index in [1.54, 1.807) is 4.68 Å². The molecule has 1 heterocycles. The van der Waals surface area contributed by atoms with Crippen LogP contribution in [0.4, 0.5) is 5.69 Å². The number of nitrogens with zero attached hydrogens (tertiary/aromatic N) is 2. The molecule has 0 saturated carbocycles. The molecule has 0 aliphatic carbocycles. The first-order valence-corrected chi connectivity index (χ1v) is 7.21. The summed E-state index contributed by atoms with van der Waals surface area (Å²) < 4.78 is 24.1. The van der Waals surface area contributed by atoms with Crippen molar-refractivity contribution >= 4 is 15.5 Å². The van der Waals surface area contributed by atoms with Crippen molar-refractivity contribution in [1.82, 2.24) is 9.78 Å². The summed E-state index contributed by atoms with van der Waals surface area (Å²) in [7, 11) is -1.08. The molecule has 0 aromatic carbocycles. The first kappa shape index (κ1) is 13.0. The lowest BCUT2D eigenvalue weighted by molar-refractivity contribution is 0.598. The number of rotatable bonds is 4. The third kappa shape index (κ3) is 3.23. The van der Waals surface area contributed by atoms with Gasteiger partial charge in [0, 0.05) is 19.3 Å². The van der Waals surface area contributed by atoms with Crippen LogP contribution < -0.4 is 5.32 Å². The van der Waals surface area contributed by atoms with Gasteiger partial charge in [0.15, 0.2) is 0 Å². The van der Waals surface area contributed by atoms with E-state index in [0.29, 0.717) is 0 Å². The first-order chi connectivity index (χ1) is 7.20. The third-order valence-corrected chi connectivity index (χ3v) is 3.56. The van der Waals surface area contributed by atoms with Gasteiger partial charge in [0.2, 0.25) is 0 Å². The number of hydrogen-bond acceptors (Lipinski definition) is 4. The van der Waals surface area contributed by atoms with Crippen LogP contribution >= 0.6 is 0 Å². The van der Waals surface area contributed by atoms with Gasteiger partial charge in [-0.15, -0.1) is 0 Å². The fourth-order valence-corrected chi connectivity index (χ4v) is 2.72. The molecule has 0 radical (unpaired) electrons. The minimum atomic E-state index is -2.95. The Morgan fingerprint density at radius 1 is 1.44 bits per heavy atom. The Balaban J connectivity index is 2.81. The van der Waals surface area contributed by atoms with E-state index in [-0.39, 0.29) is 11.8 Å². The molecule has 1 atom stereocenters. The topological polar surface area (TPSA) is 64.0 Å². The SMILES string of the molecule is Cc1nn(C)c(C)c1NC(C)CS(C)(=O)=O. The van der Waals surface area contributed by atoms with Gasteiger partial charge in [-0.05, 0) is 20.8 Å². The van der Waals surface area contributed by atoms with Gasteiger partial charge in [-0.25, -0.2) is 8.42 Å². The Hall–Kier alpha value is -1.04. The fraction of sp³-hybridized carbons (Fsp3) is 0.700. The zero-order chi connectivity index (χ0) is 12.5. The third-order valence-electron chi connectivity index (χ3n) is 2.45. The van der Waals surface area contributed by atoms with Crippen LogP contribution in [0.5, 0.6) is 0 Å². The monoisotopic (exact) mass is 245 g/mol. The highest BCUT2D eigenvalue weighted by molar-refractivity contribution is 7.90. The summed E-state index contributed by atoms with van der Waals surface area (Å²) in [6.45, 7) is 5.71. The van der Waals surface area contributed by atoms with E-state index in [2.05, 4.69) is 10.4 Å². The highest BCUT2D eigenvalue weighted by Gasteiger charge is 2.15. The van der Waals surface area contributed by atoms with Gasteiger partial charge in [0.25, 0.3) is 0 Å².